The van der Waals surface area contributed by atoms with Gasteiger partial charge in [0.15, 0.2) is 0 Å². The van der Waals surface area contributed by atoms with E-state index >= 15 is 0 Å². The van der Waals surface area contributed by atoms with Gasteiger partial charge in [-0.1, -0.05) is 41.9 Å². The Bertz CT molecular complexity index is 482. The molecule has 0 spiro atoms. The quantitative estimate of drug-likeness (QED) is 0.827. The number of likely N-dealkylation sites (tertiary alicyclic amines) is 1. The molecule has 2 fully saturated rings. The van der Waals surface area contributed by atoms with Gasteiger partial charge in [0.2, 0.25) is 0 Å². The van der Waals surface area contributed by atoms with Gasteiger partial charge in [0.05, 0.1) is 0 Å². The highest BCUT2D eigenvalue weighted by molar-refractivity contribution is 9.10. The smallest absolute Gasteiger partial charge is 0.0245 e. The van der Waals surface area contributed by atoms with Gasteiger partial charge in [-0.25, -0.2) is 0 Å². The van der Waals surface area contributed by atoms with Crippen molar-refractivity contribution in [2.75, 3.05) is 13.1 Å². The molecular formula is C18H27BrN2. The summed E-state index contributed by atoms with van der Waals surface area (Å²) in [5.41, 5.74) is 2.81. The highest BCUT2D eigenvalue weighted by Crippen LogP contribution is 2.27. The van der Waals surface area contributed by atoms with Gasteiger partial charge in [0.25, 0.3) is 0 Å². The Morgan fingerprint density at radius 3 is 2.71 bits per heavy atom. The van der Waals surface area contributed by atoms with Crippen LogP contribution in [-0.4, -0.2) is 24.0 Å². The molecular weight excluding hydrogens is 324 g/mol. The maximum atomic E-state index is 3.77. The minimum absolute atomic E-state index is 0.779. The highest BCUT2D eigenvalue weighted by atomic mass is 79.9. The molecule has 3 rings (SSSR count). The van der Waals surface area contributed by atoms with Crippen molar-refractivity contribution in [1.29, 1.82) is 0 Å². The van der Waals surface area contributed by atoms with E-state index in [2.05, 4.69) is 58.2 Å². The molecule has 1 heterocycles. The van der Waals surface area contributed by atoms with Crippen molar-refractivity contribution in [3.05, 3.63) is 33.8 Å². The number of nitrogens with one attached hydrogen (secondary N) is 1. The third-order valence-electron chi connectivity index (χ3n) is 4.94. The molecule has 2 nitrogen and oxygen atoms in total. The number of halogens is 1. The van der Waals surface area contributed by atoms with Crippen molar-refractivity contribution in [1.82, 2.24) is 10.2 Å². The summed E-state index contributed by atoms with van der Waals surface area (Å²) in [5, 5.41) is 3.58. The van der Waals surface area contributed by atoms with E-state index in [4.69, 9.17) is 0 Å². The molecule has 0 amide bonds. The maximum Gasteiger partial charge on any atom is 0.0245 e. The fourth-order valence-electron chi connectivity index (χ4n) is 3.17. The van der Waals surface area contributed by atoms with E-state index in [-0.39, 0.29) is 0 Å². The molecule has 0 aromatic heterocycles. The molecule has 2 aliphatic rings. The van der Waals surface area contributed by atoms with Crippen molar-refractivity contribution in [2.24, 2.45) is 11.8 Å². The summed E-state index contributed by atoms with van der Waals surface area (Å²) in [4.78, 5) is 2.60. The van der Waals surface area contributed by atoms with Gasteiger partial charge >= 0.3 is 0 Å². The molecule has 1 unspecified atom stereocenters. The minimum Gasteiger partial charge on any atom is -0.310 e. The van der Waals surface area contributed by atoms with Gasteiger partial charge in [-0.05, 0) is 54.8 Å². The first kappa shape index (κ1) is 15.5. The zero-order valence-corrected chi connectivity index (χ0v) is 14.8. The van der Waals surface area contributed by atoms with Crippen LogP contribution in [-0.2, 0) is 13.1 Å². The lowest BCUT2D eigenvalue weighted by Crippen LogP contribution is -2.22. The fraction of sp³-hybridized carbons (Fsp3) is 0.667. The molecule has 1 saturated carbocycles. The molecule has 1 aliphatic heterocycles. The van der Waals surface area contributed by atoms with E-state index in [0.717, 1.165) is 31.0 Å². The molecule has 1 N–H and O–H groups in total. The van der Waals surface area contributed by atoms with Crippen LogP contribution in [0.2, 0.25) is 0 Å². The van der Waals surface area contributed by atoms with Crippen LogP contribution in [0.1, 0.15) is 44.2 Å². The van der Waals surface area contributed by atoms with Crippen molar-refractivity contribution >= 4 is 15.9 Å². The SMILES string of the molecule is CC(C)C1CCN(Cc2ccc(CNC3CC3)cc2Br)C1. The van der Waals surface area contributed by atoms with E-state index in [1.54, 1.807) is 0 Å². The van der Waals surface area contributed by atoms with Crippen molar-refractivity contribution in [3.8, 4) is 0 Å². The van der Waals surface area contributed by atoms with E-state index in [9.17, 15) is 0 Å². The summed E-state index contributed by atoms with van der Waals surface area (Å²) < 4.78 is 1.27. The van der Waals surface area contributed by atoms with Gasteiger partial charge in [0.1, 0.15) is 0 Å². The second-order valence-electron chi connectivity index (χ2n) is 7.11. The molecule has 1 aromatic carbocycles. The average molecular weight is 351 g/mol. The summed E-state index contributed by atoms with van der Waals surface area (Å²) in [6.07, 6.45) is 4.06. The molecule has 21 heavy (non-hydrogen) atoms. The first-order valence-electron chi connectivity index (χ1n) is 8.35. The molecule has 1 atom stereocenters. The summed E-state index contributed by atoms with van der Waals surface area (Å²) in [6, 6.07) is 7.66. The van der Waals surface area contributed by atoms with Crippen LogP contribution in [0.5, 0.6) is 0 Å². The number of nitrogens with zero attached hydrogens (tertiary/aromatic N) is 1. The third kappa shape index (κ3) is 4.30. The van der Waals surface area contributed by atoms with E-state index in [0.29, 0.717) is 0 Å². The molecule has 1 aliphatic carbocycles. The predicted octanol–water partition coefficient (Wildman–Crippen LogP) is 4.18. The van der Waals surface area contributed by atoms with E-state index < -0.39 is 0 Å². The Morgan fingerprint density at radius 2 is 2.10 bits per heavy atom. The number of hydrogen-bond donors (Lipinski definition) is 1. The Kier molecular flexibility index (Phi) is 5.03. The van der Waals surface area contributed by atoms with Gasteiger partial charge in [-0.3, -0.25) is 4.90 Å². The van der Waals surface area contributed by atoms with Crippen molar-refractivity contribution in [3.63, 3.8) is 0 Å². The molecule has 1 saturated heterocycles. The normalized spacial score (nSPS) is 23.1. The van der Waals surface area contributed by atoms with Gasteiger partial charge in [-0.15, -0.1) is 0 Å². The second-order valence-corrected chi connectivity index (χ2v) is 7.96. The van der Waals surface area contributed by atoms with Crippen LogP contribution in [0.25, 0.3) is 0 Å². The zero-order valence-electron chi connectivity index (χ0n) is 13.2. The Hall–Kier alpha value is -0.380. The fourth-order valence-corrected chi connectivity index (χ4v) is 3.72. The van der Waals surface area contributed by atoms with E-state index in [1.807, 2.05) is 0 Å². The third-order valence-corrected chi connectivity index (χ3v) is 5.67. The average Bonchev–Trinajstić information content (AvgIpc) is 3.16. The Balaban J connectivity index is 1.55. The lowest BCUT2D eigenvalue weighted by atomic mass is 9.95. The summed E-state index contributed by atoms with van der Waals surface area (Å²) in [6.45, 7) is 9.30. The summed E-state index contributed by atoms with van der Waals surface area (Å²) in [5.74, 6) is 1.69. The van der Waals surface area contributed by atoms with Gasteiger partial charge in [0, 0.05) is 30.1 Å². The largest absolute Gasteiger partial charge is 0.310 e. The van der Waals surface area contributed by atoms with Crippen LogP contribution in [0, 0.1) is 11.8 Å². The van der Waals surface area contributed by atoms with Crippen molar-refractivity contribution in [2.45, 2.75) is 52.2 Å². The van der Waals surface area contributed by atoms with Crippen LogP contribution in [0.15, 0.2) is 22.7 Å². The second kappa shape index (κ2) is 6.80. The lowest BCUT2D eigenvalue weighted by molar-refractivity contribution is 0.296. The Labute approximate surface area is 137 Å². The molecule has 1 aromatic rings. The summed E-state index contributed by atoms with van der Waals surface area (Å²) >= 11 is 3.77. The standard InChI is InChI=1S/C18H27BrN2/c1-13(2)15-7-8-21(11-15)12-16-4-3-14(9-18(16)19)10-20-17-5-6-17/h3-4,9,13,15,17,20H,5-8,10-12H2,1-2H3. The first-order valence-corrected chi connectivity index (χ1v) is 9.14. The maximum absolute atomic E-state index is 3.77. The number of benzene rings is 1. The minimum atomic E-state index is 0.779. The number of hydrogen-bond acceptors (Lipinski definition) is 2. The predicted molar refractivity (Wildman–Crippen MR) is 92.2 cm³/mol. The molecule has 3 heteroatoms. The number of rotatable bonds is 6. The molecule has 116 valence electrons. The molecule has 0 bridgehead atoms. The van der Waals surface area contributed by atoms with Crippen molar-refractivity contribution < 1.29 is 0 Å². The lowest BCUT2D eigenvalue weighted by Gasteiger charge is -2.19. The van der Waals surface area contributed by atoms with Gasteiger partial charge < -0.3 is 5.32 Å². The first-order chi connectivity index (χ1) is 10.1. The van der Waals surface area contributed by atoms with Crippen LogP contribution >= 0.6 is 15.9 Å². The van der Waals surface area contributed by atoms with Crippen LogP contribution in [0.3, 0.4) is 0 Å². The molecule has 0 radical (unpaired) electrons. The summed E-state index contributed by atoms with van der Waals surface area (Å²) in [7, 11) is 0. The Morgan fingerprint density at radius 1 is 1.29 bits per heavy atom. The monoisotopic (exact) mass is 350 g/mol. The highest BCUT2D eigenvalue weighted by Gasteiger charge is 2.25. The topological polar surface area (TPSA) is 15.3 Å². The zero-order chi connectivity index (χ0) is 14.8. The van der Waals surface area contributed by atoms with Crippen LogP contribution in [0.4, 0.5) is 0 Å². The van der Waals surface area contributed by atoms with E-state index in [1.165, 1.54) is 48.0 Å². The van der Waals surface area contributed by atoms with Crippen LogP contribution < -0.4 is 5.32 Å². The van der Waals surface area contributed by atoms with Gasteiger partial charge in [-0.2, -0.15) is 0 Å².